The minimum atomic E-state index is 0.0187. The summed E-state index contributed by atoms with van der Waals surface area (Å²) in [5.41, 5.74) is 6.89. The Labute approximate surface area is 102 Å². The molecule has 0 aliphatic carbocycles. The molecule has 0 fully saturated rings. The smallest absolute Gasteiger partial charge is 0.231 e. The third-order valence-electron chi connectivity index (χ3n) is 2.45. The number of rotatable bonds is 3. The fraction of sp³-hybridized carbons (Fsp3) is 0.364. The molecule has 1 aromatic carbocycles. The number of hydrogen-bond donors (Lipinski definition) is 1. The average molecular weight is 286 g/mol. The van der Waals surface area contributed by atoms with E-state index in [-0.39, 0.29) is 12.6 Å². The first-order chi connectivity index (χ1) is 7.65. The van der Waals surface area contributed by atoms with Gasteiger partial charge in [0.15, 0.2) is 17.3 Å². The van der Waals surface area contributed by atoms with Crippen molar-refractivity contribution >= 4 is 21.7 Å². The van der Waals surface area contributed by atoms with Crippen molar-refractivity contribution in [2.24, 2.45) is 5.73 Å². The van der Waals surface area contributed by atoms with Crippen LogP contribution in [-0.2, 0) is 0 Å². The van der Waals surface area contributed by atoms with Gasteiger partial charge in [-0.3, -0.25) is 4.79 Å². The van der Waals surface area contributed by atoms with Crippen LogP contribution in [0.3, 0.4) is 0 Å². The molecule has 0 radical (unpaired) electrons. The lowest BCUT2D eigenvalue weighted by Crippen LogP contribution is -2.10. The summed E-state index contributed by atoms with van der Waals surface area (Å²) in [5.74, 6) is 1.30. The summed E-state index contributed by atoms with van der Waals surface area (Å²) >= 11 is 3.39. The average Bonchev–Trinajstić information content (AvgIpc) is 2.66. The van der Waals surface area contributed by atoms with Crippen molar-refractivity contribution in [3.05, 3.63) is 21.7 Å². The third kappa shape index (κ3) is 1.81. The highest BCUT2D eigenvalue weighted by Crippen LogP contribution is 2.43. The van der Waals surface area contributed by atoms with E-state index in [2.05, 4.69) is 15.9 Å². The molecule has 4 nitrogen and oxygen atoms in total. The topological polar surface area (TPSA) is 61.6 Å². The number of hydrogen-bond acceptors (Lipinski definition) is 4. The molecule has 86 valence electrons. The van der Waals surface area contributed by atoms with Gasteiger partial charge in [-0.25, -0.2) is 0 Å². The van der Waals surface area contributed by atoms with Crippen LogP contribution < -0.4 is 15.2 Å². The van der Waals surface area contributed by atoms with Crippen LogP contribution in [0.1, 0.15) is 22.3 Å². The summed E-state index contributed by atoms with van der Waals surface area (Å²) in [6, 6.07) is 1.82. The summed E-state index contributed by atoms with van der Waals surface area (Å²) in [4.78, 5) is 11.9. The molecule has 1 aromatic rings. The van der Waals surface area contributed by atoms with Crippen LogP contribution in [0.25, 0.3) is 0 Å². The zero-order valence-electron chi connectivity index (χ0n) is 8.88. The Morgan fingerprint density at radius 2 is 2.31 bits per heavy atom. The number of ketones is 1. The van der Waals surface area contributed by atoms with Gasteiger partial charge < -0.3 is 15.2 Å². The Bertz CT molecular complexity index is 445. The van der Waals surface area contributed by atoms with Crippen LogP contribution in [0.15, 0.2) is 10.5 Å². The first-order valence-electron chi connectivity index (χ1n) is 4.97. The van der Waals surface area contributed by atoms with Gasteiger partial charge in [0.1, 0.15) is 0 Å². The maximum atomic E-state index is 11.9. The van der Waals surface area contributed by atoms with Crippen LogP contribution in [0.4, 0.5) is 0 Å². The maximum absolute atomic E-state index is 11.9. The Morgan fingerprint density at radius 3 is 3.00 bits per heavy atom. The van der Waals surface area contributed by atoms with Gasteiger partial charge in [0.05, 0.1) is 4.47 Å². The quantitative estimate of drug-likeness (QED) is 0.863. The van der Waals surface area contributed by atoms with Gasteiger partial charge in [0.2, 0.25) is 6.79 Å². The van der Waals surface area contributed by atoms with Crippen molar-refractivity contribution in [3.8, 4) is 11.5 Å². The zero-order valence-corrected chi connectivity index (χ0v) is 10.5. The molecule has 0 bridgehead atoms. The van der Waals surface area contributed by atoms with E-state index < -0.39 is 0 Å². The summed E-state index contributed by atoms with van der Waals surface area (Å²) in [7, 11) is 0. The van der Waals surface area contributed by atoms with Crippen molar-refractivity contribution < 1.29 is 14.3 Å². The van der Waals surface area contributed by atoms with Crippen molar-refractivity contribution in [2.45, 2.75) is 13.3 Å². The highest BCUT2D eigenvalue weighted by molar-refractivity contribution is 9.10. The van der Waals surface area contributed by atoms with E-state index in [1.54, 1.807) is 0 Å². The minimum absolute atomic E-state index is 0.0187. The molecule has 0 unspecified atom stereocenters. The standard InChI is InChI=1S/C11H12BrNO3/c1-6-4-8-11(16-5-15-8)10(12)9(6)7(14)2-3-13/h4H,2-3,5,13H2,1H3. The Balaban J connectivity index is 2.50. The first kappa shape index (κ1) is 11.4. The van der Waals surface area contributed by atoms with Gasteiger partial charge in [0.25, 0.3) is 0 Å². The van der Waals surface area contributed by atoms with Crippen molar-refractivity contribution in [1.29, 1.82) is 0 Å². The molecule has 0 saturated heterocycles. The summed E-state index contributed by atoms with van der Waals surface area (Å²) in [6.45, 7) is 2.41. The summed E-state index contributed by atoms with van der Waals surface area (Å²) < 4.78 is 11.2. The third-order valence-corrected chi connectivity index (χ3v) is 3.21. The van der Waals surface area contributed by atoms with Gasteiger partial charge in [-0.05, 0) is 41.0 Å². The SMILES string of the molecule is Cc1cc2c(c(Br)c1C(=O)CCN)OCO2. The second-order valence-electron chi connectivity index (χ2n) is 3.58. The number of Topliss-reactive ketones (excluding diaryl/α,β-unsaturated/α-hetero) is 1. The van der Waals surface area contributed by atoms with E-state index >= 15 is 0 Å². The first-order valence-corrected chi connectivity index (χ1v) is 5.76. The van der Waals surface area contributed by atoms with Crippen LogP contribution in [-0.4, -0.2) is 19.1 Å². The molecule has 16 heavy (non-hydrogen) atoms. The fourth-order valence-electron chi connectivity index (χ4n) is 1.72. The van der Waals surface area contributed by atoms with E-state index in [4.69, 9.17) is 15.2 Å². The Kier molecular flexibility index (Phi) is 3.16. The fourth-order valence-corrected chi connectivity index (χ4v) is 2.56. The van der Waals surface area contributed by atoms with E-state index in [0.717, 1.165) is 5.56 Å². The van der Waals surface area contributed by atoms with Gasteiger partial charge in [0, 0.05) is 12.0 Å². The van der Waals surface area contributed by atoms with Crippen molar-refractivity contribution in [1.82, 2.24) is 0 Å². The number of nitrogens with two attached hydrogens (primary N) is 1. The predicted octanol–water partition coefficient (Wildman–Crippen LogP) is 2.02. The molecule has 1 aliphatic rings. The van der Waals surface area contributed by atoms with E-state index in [9.17, 15) is 4.79 Å². The lowest BCUT2D eigenvalue weighted by Gasteiger charge is -2.09. The lowest BCUT2D eigenvalue weighted by molar-refractivity contribution is 0.0983. The number of fused-ring (bicyclic) bond motifs is 1. The van der Waals surface area contributed by atoms with Gasteiger partial charge in [-0.2, -0.15) is 0 Å². The molecule has 2 rings (SSSR count). The molecule has 1 aliphatic heterocycles. The second-order valence-corrected chi connectivity index (χ2v) is 4.37. The molecule has 5 heteroatoms. The number of carbonyl (C=O) groups excluding carboxylic acids is 1. The molecular formula is C11H12BrNO3. The van der Waals surface area contributed by atoms with Gasteiger partial charge in [-0.15, -0.1) is 0 Å². The Hall–Kier alpha value is -1.07. The summed E-state index contributed by atoms with van der Waals surface area (Å²) in [5, 5.41) is 0. The molecule has 0 atom stereocenters. The molecule has 2 N–H and O–H groups in total. The lowest BCUT2D eigenvalue weighted by atomic mass is 10.0. The molecule has 0 amide bonds. The van der Waals surface area contributed by atoms with Crippen molar-refractivity contribution in [2.75, 3.05) is 13.3 Å². The number of halogens is 1. The number of ether oxygens (including phenoxy) is 2. The van der Waals surface area contributed by atoms with Gasteiger partial charge >= 0.3 is 0 Å². The van der Waals surface area contributed by atoms with E-state index in [1.165, 1.54) is 0 Å². The normalized spacial score (nSPS) is 12.9. The van der Waals surface area contributed by atoms with Crippen LogP contribution in [0.5, 0.6) is 11.5 Å². The van der Waals surface area contributed by atoms with Crippen LogP contribution in [0.2, 0.25) is 0 Å². The largest absolute Gasteiger partial charge is 0.454 e. The maximum Gasteiger partial charge on any atom is 0.231 e. The zero-order chi connectivity index (χ0) is 11.7. The molecule has 1 heterocycles. The molecule has 0 aromatic heterocycles. The predicted molar refractivity (Wildman–Crippen MR) is 63.0 cm³/mol. The van der Waals surface area contributed by atoms with Crippen LogP contribution in [0, 0.1) is 6.92 Å². The second kappa shape index (κ2) is 4.43. The molecule has 0 spiro atoms. The van der Waals surface area contributed by atoms with Crippen molar-refractivity contribution in [3.63, 3.8) is 0 Å². The number of benzene rings is 1. The summed E-state index contributed by atoms with van der Waals surface area (Å²) in [6.07, 6.45) is 0.332. The highest BCUT2D eigenvalue weighted by atomic mass is 79.9. The molecule has 0 saturated carbocycles. The number of aryl methyl sites for hydroxylation is 1. The molecular weight excluding hydrogens is 274 g/mol. The van der Waals surface area contributed by atoms with E-state index in [0.29, 0.717) is 34.5 Å². The highest BCUT2D eigenvalue weighted by Gasteiger charge is 2.24. The van der Waals surface area contributed by atoms with Crippen LogP contribution >= 0.6 is 15.9 Å². The number of carbonyl (C=O) groups is 1. The van der Waals surface area contributed by atoms with Gasteiger partial charge in [-0.1, -0.05) is 0 Å². The Morgan fingerprint density at radius 1 is 1.56 bits per heavy atom. The van der Waals surface area contributed by atoms with E-state index in [1.807, 2.05) is 13.0 Å². The monoisotopic (exact) mass is 285 g/mol. The minimum Gasteiger partial charge on any atom is -0.454 e.